The number of methoxy groups -OCH3 is 1. The van der Waals surface area contributed by atoms with E-state index in [4.69, 9.17) is 0 Å². The van der Waals surface area contributed by atoms with Gasteiger partial charge in [0.2, 0.25) is 0 Å². The van der Waals surface area contributed by atoms with E-state index in [0.29, 0.717) is 13.1 Å². The largest absolute Gasteiger partial charge is 0.469 e. The van der Waals surface area contributed by atoms with Crippen molar-refractivity contribution in [1.82, 2.24) is 5.32 Å². The van der Waals surface area contributed by atoms with Crippen LogP contribution in [0.15, 0.2) is 24.3 Å². The molecule has 27 heavy (non-hydrogen) atoms. The van der Waals surface area contributed by atoms with Crippen LogP contribution in [0.1, 0.15) is 19.3 Å². The zero-order chi connectivity index (χ0) is 19.2. The Morgan fingerprint density at radius 3 is 2.63 bits per heavy atom. The standard InChI is InChI=1S/C19H26N4O4/c1-27-18(25)12-16-19(26)20-8-11-23(16)13-17(24)21-14-4-6-15(7-5-14)22-9-2-3-10-22/h4-7,16H,2-3,8-13H2,1H3,(H,20,26)(H,21,24)/p+1/t16-/m0/s1. The molecular formula is C19H27N4O4+. The molecular weight excluding hydrogens is 348 g/mol. The first kappa shape index (κ1) is 19.2. The van der Waals surface area contributed by atoms with Gasteiger partial charge in [0, 0.05) is 24.5 Å². The molecule has 8 heteroatoms. The van der Waals surface area contributed by atoms with E-state index in [9.17, 15) is 14.4 Å². The zero-order valence-corrected chi connectivity index (χ0v) is 15.6. The molecule has 3 rings (SSSR count). The van der Waals surface area contributed by atoms with Crippen LogP contribution >= 0.6 is 0 Å². The van der Waals surface area contributed by atoms with Gasteiger partial charge < -0.3 is 25.2 Å². The van der Waals surface area contributed by atoms with Gasteiger partial charge in [-0.3, -0.25) is 14.4 Å². The Labute approximate surface area is 158 Å². The number of benzene rings is 1. The van der Waals surface area contributed by atoms with E-state index in [0.717, 1.165) is 23.7 Å². The molecule has 2 aliphatic rings. The summed E-state index contributed by atoms with van der Waals surface area (Å²) in [5.41, 5.74) is 1.90. The molecule has 0 spiro atoms. The fourth-order valence-corrected chi connectivity index (χ4v) is 3.67. The highest BCUT2D eigenvalue weighted by atomic mass is 16.5. The molecule has 2 amide bonds. The summed E-state index contributed by atoms with van der Waals surface area (Å²) in [5.74, 6) is -0.847. The number of piperazine rings is 1. The number of nitrogens with zero attached hydrogens (tertiary/aromatic N) is 1. The number of amides is 2. The second-order valence-electron chi connectivity index (χ2n) is 7.00. The molecule has 3 N–H and O–H groups in total. The van der Waals surface area contributed by atoms with Gasteiger partial charge in [0.05, 0.1) is 20.2 Å². The van der Waals surface area contributed by atoms with Gasteiger partial charge in [-0.15, -0.1) is 0 Å². The van der Waals surface area contributed by atoms with Gasteiger partial charge in [0.15, 0.2) is 12.6 Å². The van der Waals surface area contributed by atoms with E-state index in [2.05, 4.69) is 20.3 Å². The molecule has 0 saturated carbocycles. The Morgan fingerprint density at radius 2 is 1.96 bits per heavy atom. The van der Waals surface area contributed by atoms with E-state index in [1.54, 1.807) is 0 Å². The predicted molar refractivity (Wildman–Crippen MR) is 101 cm³/mol. The molecule has 2 fully saturated rings. The van der Waals surface area contributed by atoms with E-state index in [-0.39, 0.29) is 24.8 Å². The number of quaternary nitrogens is 1. The molecule has 0 radical (unpaired) electrons. The van der Waals surface area contributed by atoms with Crippen molar-refractivity contribution in [3.8, 4) is 0 Å². The first-order valence-corrected chi connectivity index (χ1v) is 9.41. The Bertz CT molecular complexity index is 685. The molecule has 2 atom stereocenters. The van der Waals surface area contributed by atoms with Crippen molar-refractivity contribution in [3.05, 3.63) is 24.3 Å². The minimum absolute atomic E-state index is 0.0323. The minimum atomic E-state index is -0.602. The molecule has 0 aliphatic carbocycles. The third-order valence-electron chi connectivity index (χ3n) is 5.16. The molecule has 0 aromatic heterocycles. The fourth-order valence-electron chi connectivity index (χ4n) is 3.67. The molecule has 2 aliphatic heterocycles. The highest BCUT2D eigenvalue weighted by Crippen LogP contribution is 2.21. The third-order valence-corrected chi connectivity index (χ3v) is 5.16. The summed E-state index contributed by atoms with van der Waals surface area (Å²) in [4.78, 5) is 39.2. The Hall–Kier alpha value is -2.61. The van der Waals surface area contributed by atoms with Gasteiger partial charge in [0.1, 0.15) is 6.42 Å². The van der Waals surface area contributed by atoms with Crippen LogP contribution in [0.4, 0.5) is 11.4 Å². The van der Waals surface area contributed by atoms with Crippen LogP contribution in [0.25, 0.3) is 0 Å². The van der Waals surface area contributed by atoms with Gasteiger partial charge in [0.25, 0.3) is 11.8 Å². The van der Waals surface area contributed by atoms with Crippen LogP contribution in [-0.2, 0) is 19.1 Å². The van der Waals surface area contributed by atoms with Crippen molar-refractivity contribution in [2.45, 2.75) is 25.3 Å². The quantitative estimate of drug-likeness (QED) is 0.565. The van der Waals surface area contributed by atoms with Crippen LogP contribution < -0.4 is 20.4 Å². The maximum Gasteiger partial charge on any atom is 0.312 e. The minimum Gasteiger partial charge on any atom is -0.469 e. The summed E-state index contributed by atoms with van der Waals surface area (Å²) in [5, 5.41) is 5.63. The molecule has 0 bridgehead atoms. The molecule has 8 nitrogen and oxygen atoms in total. The van der Waals surface area contributed by atoms with Crippen molar-refractivity contribution in [2.75, 3.05) is 50.1 Å². The lowest BCUT2D eigenvalue weighted by Crippen LogP contribution is -3.20. The first-order valence-electron chi connectivity index (χ1n) is 9.41. The summed E-state index contributed by atoms with van der Waals surface area (Å²) in [6.07, 6.45) is 2.41. The molecule has 146 valence electrons. The molecule has 1 aromatic rings. The molecule has 2 saturated heterocycles. The van der Waals surface area contributed by atoms with E-state index in [1.807, 2.05) is 24.3 Å². The summed E-state index contributed by atoms with van der Waals surface area (Å²) < 4.78 is 4.67. The summed E-state index contributed by atoms with van der Waals surface area (Å²) >= 11 is 0. The molecule has 1 unspecified atom stereocenters. The normalized spacial score (nSPS) is 22.3. The van der Waals surface area contributed by atoms with E-state index >= 15 is 0 Å². The van der Waals surface area contributed by atoms with Crippen molar-refractivity contribution in [1.29, 1.82) is 0 Å². The van der Waals surface area contributed by atoms with Gasteiger partial charge in [-0.05, 0) is 37.1 Å². The zero-order valence-electron chi connectivity index (χ0n) is 15.6. The molecule has 1 aromatic carbocycles. The van der Waals surface area contributed by atoms with Crippen molar-refractivity contribution in [2.24, 2.45) is 0 Å². The maximum absolute atomic E-state index is 12.4. The van der Waals surface area contributed by atoms with Crippen LogP contribution in [0, 0.1) is 0 Å². The lowest BCUT2D eigenvalue weighted by atomic mass is 10.1. The number of ether oxygens (including phenoxy) is 1. The fraction of sp³-hybridized carbons (Fsp3) is 0.526. The van der Waals surface area contributed by atoms with Gasteiger partial charge in [-0.2, -0.15) is 0 Å². The SMILES string of the molecule is COC(=O)C[C@H]1C(=O)NCC[NH+]1CC(=O)Nc1ccc(N2CCCC2)cc1. The molecule has 2 heterocycles. The number of rotatable bonds is 6. The van der Waals surface area contributed by atoms with Crippen LogP contribution in [0.3, 0.4) is 0 Å². The smallest absolute Gasteiger partial charge is 0.312 e. The number of hydrogen-bond donors (Lipinski definition) is 3. The van der Waals surface area contributed by atoms with Gasteiger partial charge >= 0.3 is 5.97 Å². The lowest BCUT2D eigenvalue weighted by molar-refractivity contribution is -0.909. The number of nitrogens with one attached hydrogen (secondary N) is 3. The predicted octanol–water partition coefficient (Wildman–Crippen LogP) is -0.828. The Balaban J connectivity index is 1.56. The highest BCUT2D eigenvalue weighted by Gasteiger charge is 2.36. The van der Waals surface area contributed by atoms with Crippen LogP contribution in [0.5, 0.6) is 0 Å². The topological polar surface area (TPSA) is 92.2 Å². The highest BCUT2D eigenvalue weighted by molar-refractivity contribution is 5.92. The monoisotopic (exact) mass is 375 g/mol. The second kappa shape index (κ2) is 8.85. The van der Waals surface area contributed by atoms with E-state index in [1.165, 1.54) is 25.6 Å². The van der Waals surface area contributed by atoms with Crippen molar-refractivity contribution >= 4 is 29.2 Å². The number of carbonyl (C=O) groups excluding carboxylic acids is 3. The summed E-state index contributed by atoms with van der Waals surface area (Å²) in [6, 6.07) is 7.23. The van der Waals surface area contributed by atoms with Crippen molar-refractivity contribution in [3.63, 3.8) is 0 Å². The number of carbonyl (C=O) groups is 3. The first-order chi connectivity index (χ1) is 13.1. The van der Waals surface area contributed by atoms with Crippen LogP contribution in [0.2, 0.25) is 0 Å². The van der Waals surface area contributed by atoms with Gasteiger partial charge in [-0.25, -0.2) is 0 Å². The number of anilines is 2. The summed E-state index contributed by atoms with van der Waals surface area (Å²) in [6.45, 7) is 3.36. The van der Waals surface area contributed by atoms with E-state index < -0.39 is 12.0 Å². The lowest BCUT2D eigenvalue weighted by Gasteiger charge is -2.30. The average Bonchev–Trinajstić information content (AvgIpc) is 3.19. The Morgan fingerprint density at radius 1 is 1.26 bits per heavy atom. The van der Waals surface area contributed by atoms with Crippen LogP contribution in [-0.4, -0.2) is 63.7 Å². The van der Waals surface area contributed by atoms with Gasteiger partial charge in [-0.1, -0.05) is 0 Å². The second-order valence-corrected chi connectivity index (χ2v) is 7.00. The number of hydrogen-bond acceptors (Lipinski definition) is 5. The maximum atomic E-state index is 12.4. The number of esters is 1. The Kier molecular flexibility index (Phi) is 6.28. The third kappa shape index (κ3) is 4.97. The summed E-state index contributed by atoms with van der Waals surface area (Å²) in [7, 11) is 1.29. The average molecular weight is 375 g/mol. The van der Waals surface area contributed by atoms with Crippen molar-refractivity contribution < 1.29 is 24.0 Å².